The lowest BCUT2D eigenvalue weighted by Crippen LogP contribution is -2.54. The molecular weight excluding hydrogens is 266 g/mol. The first kappa shape index (κ1) is 18.2. The molecule has 1 heterocycles. The van der Waals surface area contributed by atoms with Gasteiger partial charge in [-0.1, -0.05) is 19.8 Å². The second-order valence-electron chi connectivity index (χ2n) is 6.95. The Morgan fingerprint density at radius 2 is 2.14 bits per heavy atom. The maximum atomic E-state index is 11.8. The lowest BCUT2D eigenvalue weighted by molar-refractivity contribution is 0.0472. The fraction of sp³-hybridized carbons (Fsp3) is 0.938. The molecule has 5 nitrogen and oxygen atoms in total. The number of ether oxygens (including phenoxy) is 1. The van der Waals surface area contributed by atoms with E-state index in [9.17, 15) is 4.79 Å². The smallest absolute Gasteiger partial charge is 0.407 e. The van der Waals surface area contributed by atoms with Crippen LogP contribution in [0.15, 0.2) is 0 Å². The highest BCUT2D eigenvalue weighted by Gasteiger charge is 2.28. The highest BCUT2D eigenvalue weighted by Crippen LogP contribution is 2.22. The Hall–Kier alpha value is -0.810. The Balaban J connectivity index is 2.50. The van der Waals surface area contributed by atoms with E-state index in [4.69, 9.17) is 10.5 Å². The van der Waals surface area contributed by atoms with E-state index in [0.717, 1.165) is 6.54 Å². The van der Waals surface area contributed by atoms with Crippen molar-refractivity contribution in [2.24, 2.45) is 5.73 Å². The van der Waals surface area contributed by atoms with Crippen molar-refractivity contribution in [3.8, 4) is 0 Å². The number of likely N-dealkylation sites (tertiary alicyclic amines) is 1. The molecule has 0 aromatic carbocycles. The molecule has 5 heteroatoms. The standard InChI is InChI=1S/C16H33N3O2/c1-5-8-13-9-6-7-10-19(13)14(11-17)12-18-15(20)21-16(2,3)4/h13-14H,5-12,17H2,1-4H3,(H,18,20). The molecule has 1 aliphatic heterocycles. The maximum absolute atomic E-state index is 11.8. The van der Waals surface area contributed by atoms with Gasteiger partial charge in [0.2, 0.25) is 0 Å². The topological polar surface area (TPSA) is 67.6 Å². The molecule has 1 rings (SSSR count). The van der Waals surface area contributed by atoms with E-state index >= 15 is 0 Å². The molecular formula is C16H33N3O2. The van der Waals surface area contributed by atoms with Crippen LogP contribution in [0.1, 0.15) is 59.8 Å². The van der Waals surface area contributed by atoms with Gasteiger partial charge in [0.05, 0.1) is 0 Å². The molecule has 3 N–H and O–H groups in total. The van der Waals surface area contributed by atoms with E-state index in [1.165, 1.54) is 32.1 Å². The molecule has 0 saturated carbocycles. The van der Waals surface area contributed by atoms with Gasteiger partial charge in [0.25, 0.3) is 0 Å². The summed E-state index contributed by atoms with van der Waals surface area (Å²) < 4.78 is 5.28. The average Bonchev–Trinajstić information content (AvgIpc) is 2.39. The Bertz CT molecular complexity index is 313. The SMILES string of the molecule is CCCC1CCCCN1C(CN)CNC(=O)OC(C)(C)C. The zero-order valence-electron chi connectivity index (χ0n) is 14.2. The van der Waals surface area contributed by atoms with Crippen molar-refractivity contribution < 1.29 is 9.53 Å². The fourth-order valence-corrected chi connectivity index (χ4v) is 3.00. The Kier molecular flexibility index (Phi) is 7.46. The van der Waals surface area contributed by atoms with E-state index in [2.05, 4.69) is 17.1 Å². The molecule has 0 bridgehead atoms. The van der Waals surface area contributed by atoms with Crippen LogP contribution in [0.3, 0.4) is 0 Å². The number of hydrogen-bond donors (Lipinski definition) is 2. The number of piperidine rings is 1. The molecule has 0 spiro atoms. The quantitative estimate of drug-likeness (QED) is 0.791. The lowest BCUT2D eigenvalue weighted by atomic mass is 9.96. The molecule has 21 heavy (non-hydrogen) atoms. The van der Waals surface area contributed by atoms with Crippen molar-refractivity contribution in [1.82, 2.24) is 10.2 Å². The normalized spacial score (nSPS) is 21.9. The molecule has 1 amide bonds. The third-order valence-corrected chi connectivity index (χ3v) is 3.92. The summed E-state index contributed by atoms with van der Waals surface area (Å²) in [5.41, 5.74) is 5.48. The van der Waals surface area contributed by atoms with Gasteiger partial charge in [-0.25, -0.2) is 4.79 Å². The van der Waals surface area contributed by atoms with Gasteiger partial charge in [-0.3, -0.25) is 4.90 Å². The van der Waals surface area contributed by atoms with Crippen LogP contribution in [0.4, 0.5) is 4.79 Å². The van der Waals surface area contributed by atoms with E-state index in [-0.39, 0.29) is 12.1 Å². The minimum absolute atomic E-state index is 0.203. The van der Waals surface area contributed by atoms with Crippen molar-refractivity contribution in [3.63, 3.8) is 0 Å². The van der Waals surface area contributed by atoms with Gasteiger partial charge in [0, 0.05) is 25.2 Å². The molecule has 0 aliphatic carbocycles. The van der Waals surface area contributed by atoms with Gasteiger partial charge < -0.3 is 15.8 Å². The van der Waals surface area contributed by atoms with Crippen LogP contribution in [-0.4, -0.2) is 48.3 Å². The van der Waals surface area contributed by atoms with Gasteiger partial charge in [-0.2, -0.15) is 0 Å². The summed E-state index contributed by atoms with van der Waals surface area (Å²) in [7, 11) is 0. The van der Waals surface area contributed by atoms with Crippen LogP contribution < -0.4 is 11.1 Å². The molecule has 1 saturated heterocycles. The Morgan fingerprint density at radius 3 is 2.71 bits per heavy atom. The number of carbonyl (C=O) groups excluding carboxylic acids is 1. The number of nitrogens with two attached hydrogens (primary N) is 1. The molecule has 1 fully saturated rings. The van der Waals surface area contributed by atoms with Gasteiger partial charge in [-0.15, -0.1) is 0 Å². The number of rotatable bonds is 6. The van der Waals surface area contributed by atoms with Crippen LogP contribution in [0, 0.1) is 0 Å². The van der Waals surface area contributed by atoms with Crippen LogP contribution in [0.25, 0.3) is 0 Å². The fourth-order valence-electron chi connectivity index (χ4n) is 3.00. The summed E-state index contributed by atoms with van der Waals surface area (Å²) in [5.74, 6) is 0. The minimum Gasteiger partial charge on any atom is -0.444 e. The largest absolute Gasteiger partial charge is 0.444 e. The van der Waals surface area contributed by atoms with Crippen LogP contribution in [0.5, 0.6) is 0 Å². The number of alkyl carbamates (subject to hydrolysis) is 1. The third kappa shape index (κ3) is 6.66. The second-order valence-corrected chi connectivity index (χ2v) is 6.95. The predicted molar refractivity (Wildman–Crippen MR) is 86.3 cm³/mol. The molecule has 1 aliphatic rings. The van der Waals surface area contributed by atoms with E-state index in [0.29, 0.717) is 19.1 Å². The second kappa shape index (κ2) is 8.59. The number of nitrogens with one attached hydrogen (secondary N) is 1. The highest BCUT2D eigenvalue weighted by atomic mass is 16.6. The van der Waals surface area contributed by atoms with Crippen molar-refractivity contribution in [3.05, 3.63) is 0 Å². The number of hydrogen-bond acceptors (Lipinski definition) is 4. The predicted octanol–water partition coefficient (Wildman–Crippen LogP) is 2.49. The monoisotopic (exact) mass is 299 g/mol. The van der Waals surface area contributed by atoms with Crippen LogP contribution in [-0.2, 0) is 4.74 Å². The zero-order valence-corrected chi connectivity index (χ0v) is 14.2. The molecule has 0 radical (unpaired) electrons. The van der Waals surface area contributed by atoms with Gasteiger partial charge in [0.1, 0.15) is 5.60 Å². The third-order valence-electron chi connectivity index (χ3n) is 3.92. The van der Waals surface area contributed by atoms with Crippen LogP contribution in [0.2, 0.25) is 0 Å². The molecule has 2 unspecified atom stereocenters. The van der Waals surface area contributed by atoms with Crippen molar-refractivity contribution in [2.75, 3.05) is 19.6 Å². The first-order valence-corrected chi connectivity index (χ1v) is 8.30. The first-order valence-electron chi connectivity index (χ1n) is 8.30. The number of nitrogens with zero attached hydrogens (tertiary/aromatic N) is 1. The minimum atomic E-state index is -0.460. The summed E-state index contributed by atoms with van der Waals surface area (Å²) in [4.78, 5) is 14.3. The maximum Gasteiger partial charge on any atom is 0.407 e. The molecule has 0 aromatic heterocycles. The van der Waals surface area contributed by atoms with Crippen molar-refractivity contribution >= 4 is 6.09 Å². The number of amides is 1. The highest BCUT2D eigenvalue weighted by molar-refractivity contribution is 5.67. The van der Waals surface area contributed by atoms with Gasteiger partial charge >= 0.3 is 6.09 Å². The van der Waals surface area contributed by atoms with Crippen molar-refractivity contribution in [2.45, 2.75) is 77.5 Å². The molecule has 124 valence electrons. The van der Waals surface area contributed by atoms with Crippen molar-refractivity contribution in [1.29, 1.82) is 0 Å². The van der Waals surface area contributed by atoms with E-state index < -0.39 is 5.60 Å². The van der Waals surface area contributed by atoms with E-state index in [1.807, 2.05) is 20.8 Å². The number of carbonyl (C=O) groups is 1. The Labute approximate surface area is 129 Å². The Morgan fingerprint density at radius 1 is 1.43 bits per heavy atom. The first-order chi connectivity index (χ1) is 9.87. The summed E-state index contributed by atoms with van der Waals surface area (Å²) in [5, 5.41) is 2.87. The van der Waals surface area contributed by atoms with Gasteiger partial charge in [-0.05, 0) is 46.6 Å². The summed E-state index contributed by atoms with van der Waals surface area (Å²) in [6.45, 7) is 10.0. The summed E-state index contributed by atoms with van der Waals surface area (Å²) in [6, 6.07) is 0.812. The van der Waals surface area contributed by atoms with Crippen LogP contribution >= 0.6 is 0 Å². The van der Waals surface area contributed by atoms with Gasteiger partial charge in [0.15, 0.2) is 0 Å². The zero-order chi connectivity index (χ0) is 15.9. The molecule has 0 aromatic rings. The summed E-state index contributed by atoms with van der Waals surface area (Å²) >= 11 is 0. The summed E-state index contributed by atoms with van der Waals surface area (Å²) in [6.07, 6.45) is 5.82. The lowest BCUT2D eigenvalue weighted by Gasteiger charge is -2.41. The molecule has 2 atom stereocenters. The van der Waals surface area contributed by atoms with E-state index in [1.54, 1.807) is 0 Å². The average molecular weight is 299 g/mol.